The zero-order valence-corrected chi connectivity index (χ0v) is 12.2. The van der Waals surface area contributed by atoms with Gasteiger partial charge in [-0.15, -0.1) is 0 Å². The highest BCUT2D eigenvalue weighted by Gasteiger charge is 2.38. The summed E-state index contributed by atoms with van der Waals surface area (Å²) in [4.78, 5) is 0. The number of hydrogen-bond donors (Lipinski definition) is 0. The monoisotopic (exact) mass is 270 g/mol. The molecule has 1 aliphatic carbocycles. The van der Waals surface area contributed by atoms with Crippen LogP contribution in [0.1, 0.15) is 23.6 Å². The molecule has 0 spiro atoms. The zero-order valence-electron chi connectivity index (χ0n) is 12.2. The van der Waals surface area contributed by atoms with Crippen molar-refractivity contribution in [3.63, 3.8) is 0 Å². The molecule has 1 aliphatic rings. The Hall–Kier alpha value is -2.34. The predicted molar refractivity (Wildman–Crippen MR) is 88.5 cm³/mol. The lowest BCUT2D eigenvalue weighted by Crippen LogP contribution is -2.23. The van der Waals surface area contributed by atoms with Gasteiger partial charge in [0.15, 0.2) is 0 Å². The number of fused-ring (bicyclic) bond motifs is 3. The smallest absolute Gasteiger partial charge is 0.0227 e. The Morgan fingerprint density at radius 3 is 1.67 bits per heavy atom. The van der Waals surface area contributed by atoms with E-state index in [0.29, 0.717) is 0 Å². The van der Waals surface area contributed by atoms with Crippen LogP contribution in [-0.2, 0) is 11.8 Å². The Kier molecular flexibility index (Phi) is 2.71. The minimum absolute atomic E-state index is 0.0640. The van der Waals surface area contributed by atoms with Gasteiger partial charge >= 0.3 is 0 Å². The molecule has 4 rings (SSSR count). The Bertz CT molecular complexity index is 738. The third-order valence-electron chi connectivity index (χ3n) is 4.73. The van der Waals surface area contributed by atoms with Crippen LogP contribution in [0.4, 0.5) is 0 Å². The molecule has 0 heterocycles. The molecule has 0 heteroatoms. The molecule has 102 valence electrons. The van der Waals surface area contributed by atoms with E-state index in [4.69, 9.17) is 0 Å². The maximum atomic E-state index is 2.38. The first kappa shape index (κ1) is 12.4. The average molecular weight is 270 g/mol. The van der Waals surface area contributed by atoms with Gasteiger partial charge in [-0.25, -0.2) is 0 Å². The molecule has 0 N–H and O–H groups in total. The molecule has 0 aliphatic heterocycles. The molecule has 21 heavy (non-hydrogen) atoms. The van der Waals surface area contributed by atoms with E-state index >= 15 is 0 Å². The predicted octanol–water partition coefficient (Wildman–Crippen LogP) is 5.22. The summed E-state index contributed by atoms with van der Waals surface area (Å²) in [7, 11) is 0. The summed E-state index contributed by atoms with van der Waals surface area (Å²) in [6.45, 7) is 2.38. The molecule has 0 radical (unpaired) electrons. The van der Waals surface area contributed by atoms with E-state index in [1.807, 2.05) is 0 Å². The van der Waals surface area contributed by atoms with Crippen LogP contribution in [0.2, 0.25) is 0 Å². The highest BCUT2D eigenvalue weighted by molar-refractivity contribution is 5.80. The molecule has 0 saturated heterocycles. The summed E-state index contributed by atoms with van der Waals surface area (Å²) < 4.78 is 0. The average Bonchev–Trinajstić information content (AvgIpc) is 2.79. The van der Waals surface area contributed by atoms with Gasteiger partial charge in [0, 0.05) is 5.41 Å². The molecular weight excluding hydrogens is 252 g/mol. The van der Waals surface area contributed by atoms with Gasteiger partial charge in [0.1, 0.15) is 0 Å². The van der Waals surface area contributed by atoms with Gasteiger partial charge in [-0.2, -0.15) is 0 Å². The van der Waals surface area contributed by atoms with Crippen molar-refractivity contribution in [3.8, 4) is 11.1 Å². The topological polar surface area (TPSA) is 0 Å². The standard InChI is InChI=1S/C21H18/c1-21(15-16-9-3-2-4-10-16)19-13-7-5-11-17(19)18-12-6-8-14-20(18)21/h2-14H,15H2,1H3. The third kappa shape index (κ3) is 1.83. The summed E-state index contributed by atoms with van der Waals surface area (Å²) >= 11 is 0. The number of benzene rings is 3. The van der Waals surface area contributed by atoms with Crippen molar-refractivity contribution in [2.75, 3.05) is 0 Å². The quantitative estimate of drug-likeness (QED) is 0.599. The van der Waals surface area contributed by atoms with Gasteiger partial charge in [0.2, 0.25) is 0 Å². The van der Waals surface area contributed by atoms with Crippen LogP contribution >= 0.6 is 0 Å². The van der Waals surface area contributed by atoms with Crippen molar-refractivity contribution in [3.05, 3.63) is 95.6 Å². The van der Waals surface area contributed by atoms with Crippen molar-refractivity contribution in [2.24, 2.45) is 0 Å². The third-order valence-corrected chi connectivity index (χ3v) is 4.73. The first-order chi connectivity index (χ1) is 10.3. The van der Waals surface area contributed by atoms with Gasteiger partial charge < -0.3 is 0 Å². The van der Waals surface area contributed by atoms with Crippen molar-refractivity contribution in [1.82, 2.24) is 0 Å². The fourth-order valence-corrected chi connectivity index (χ4v) is 3.74. The summed E-state index contributed by atoms with van der Waals surface area (Å²) in [6.07, 6.45) is 1.04. The first-order valence-corrected chi connectivity index (χ1v) is 7.52. The Morgan fingerprint density at radius 1 is 0.619 bits per heavy atom. The molecule has 0 unspecified atom stereocenters. The molecule has 0 atom stereocenters. The molecule has 3 aromatic carbocycles. The molecule has 0 aromatic heterocycles. The molecular formula is C21H18. The minimum Gasteiger partial charge on any atom is -0.0622 e. The summed E-state index contributed by atoms with van der Waals surface area (Å²) in [5.74, 6) is 0. The molecule has 3 aromatic rings. The Morgan fingerprint density at radius 2 is 1.10 bits per heavy atom. The molecule has 0 saturated carbocycles. The SMILES string of the molecule is CC1(Cc2ccccc2)c2ccccc2-c2ccccc21. The van der Waals surface area contributed by atoms with E-state index in [-0.39, 0.29) is 5.41 Å². The van der Waals surface area contributed by atoms with Crippen LogP contribution in [-0.4, -0.2) is 0 Å². The fraction of sp³-hybridized carbons (Fsp3) is 0.143. The molecule has 0 fully saturated rings. The van der Waals surface area contributed by atoms with E-state index in [1.54, 1.807) is 0 Å². The molecule has 0 nitrogen and oxygen atoms in total. The van der Waals surface area contributed by atoms with Crippen LogP contribution in [0.15, 0.2) is 78.9 Å². The van der Waals surface area contributed by atoms with Crippen LogP contribution in [0.25, 0.3) is 11.1 Å². The van der Waals surface area contributed by atoms with Crippen molar-refractivity contribution < 1.29 is 0 Å². The van der Waals surface area contributed by atoms with Crippen LogP contribution in [0.5, 0.6) is 0 Å². The van der Waals surface area contributed by atoms with Gasteiger partial charge in [-0.3, -0.25) is 0 Å². The molecule has 0 amide bonds. The highest BCUT2D eigenvalue weighted by atomic mass is 14.4. The van der Waals surface area contributed by atoms with Crippen molar-refractivity contribution in [1.29, 1.82) is 0 Å². The largest absolute Gasteiger partial charge is 0.0622 e. The normalized spacial score (nSPS) is 14.5. The lowest BCUT2D eigenvalue weighted by Gasteiger charge is -2.27. The Balaban J connectivity index is 1.92. The number of rotatable bonds is 2. The van der Waals surface area contributed by atoms with Gasteiger partial charge in [0.25, 0.3) is 0 Å². The minimum atomic E-state index is 0.0640. The van der Waals surface area contributed by atoms with E-state index in [1.165, 1.54) is 27.8 Å². The van der Waals surface area contributed by atoms with E-state index in [0.717, 1.165) is 6.42 Å². The van der Waals surface area contributed by atoms with Crippen molar-refractivity contribution >= 4 is 0 Å². The Labute approximate surface area is 126 Å². The summed E-state index contributed by atoms with van der Waals surface area (Å²) in [6, 6.07) is 28.5. The second-order valence-electron chi connectivity index (χ2n) is 6.09. The highest BCUT2D eigenvalue weighted by Crippen LogP contribution is 2.50. The lowest BCUT2D eigenvalue weighted by molar-refractivity contribution is 0.583. The van der Waals surface area contributed by atoms with Crippen LogP contribution in [0, 0.1) is 0 Å². The lowest BCUT2D eigenvalue weighted by atomic mass is 9.75. The van der Waals surface area contributed by atoms with E-state index < -0.39 is 0 Å². The summed E-state index contributed by atoms with van der Waals surface area (Å²) in [5.41, 5.74) is 7.16. The van der Waals surface area contributed by atoms with Crippen LogP contribution < -0.4 is 0 Å². The maximum absolute atomic E-state index is 2.38. The van der Waals surface area contributed by atoms with E-state index in [9.17, 15) is 0 Å². The first-order valence-electron chi connectivity index (χ1n) is 7.52. The van der Waals surface area contributed by atoms with Gasteiger partial charge in [0.05, 0.1) is 0 Å². The second kappa shape index (κ2) is 4.60. The van der Waals surface area contributed by atoms with Crippen LogP contribution in [0.3, 0.4) is 0 Å². The molecule has 0 bridgehead atoms. The second-order valence-corrected chi connectivity index (χ2v) is 6.09. The van der Waals surface area contributed by atoms with Crippen molar-refractivity contribution in [2.45, 2.75) is 18.8 Å². The maximum Gasteiger partial charge on any atom is 0.0227 e. The van der Waals surface area contributed by atoms with E-state index in [2.05, 4.69) is 85.8 Å². The fourth-order valence-electron chi connectivity index (χ4n) is 3.74. The van der Waals surface area contributed by atoms with Gasteiger partial charge in [-0.1, -0.05) is 85.8 Å². The zero-order chi connectivity index (χ0) is 14.3. The van der Waals surface area contributed by atoms with Gasteiger partial charge in [-0.05, 0) is 34.2 Å². The number of hydrogen-bond acceptors (Lipinski definition) is 0. The summed E-state index contributed by atoms with van der Waals surface area (Å²) in [5, 5.41) is 0.